The van der Waals surface area contributed by atoms with E-state index >= 15 is 0 Å². The summed E-state index contributed by atoms with van der Waals surface area (Å²) in [7, 11) is 0. The van der Waals surface area contributed by atoms with Crippen molar-refractivity contribution in [3.8, 4) is 0 Å². The molecular formula is C17H26O. The van der Waals surface area contributed by atoms with Gasteiger partial charge in [0.25, 0.3) is 0 Å². The maximum atomic E-state index is 10.8. The Bertz CT molecular complexity index is 346. The number of aryl methyl sites for hydroxylation is 1. The molecule has 1 aromatic carbocycles. The molecule has 1 aliphatic rings. The molecule has 0 saturated heterocycles. The van der Waals surface area contributed by atoms with Gasteiger partial charge in [0.2, 0.25) is 0 Å². The lowest BCUT2D eigenvalue weighted by Gasteiger charge is -2.22. The lowest BCUT2D eigenvalue weighted by Crippen LogP contribution is -2.08. The van der Waals surface area contributed by atoms with Crippen molar-refractivity contribution in [2.24, 2.45) is 11.8 Å². The van der Waals surface area contributed by atoms with Crippen molar-refractivity contribution in [3.05, 3.63) is 35.4 Å². The van der Waals surface area contributed by atoms with Crippen LogP contribution < -0.4 is 0 Å². The Morgan fingerprint density at radius 2 is 1.33 bits per heavy atom. The molecule has 1 heteroatoms. The van der Waals surface area contributed by atoms with E-state index in [2.05, 4.69) is 13.8 Å². The normalized spacial score (nSPS) is 22.9. The van der Waals surface area contributed by atoms with E-state index in [1.54, 1.807) is 6.92 Å². The van der Waals surface area contributed by atoms with Crippen LogP contribution in [-0.4, -0.2) is 5.78 Å². The second-order valence-corrected chi connectivity index (χ2v) is 5.79. The highest BCUT2D eigenvalue weighted by molar-refractivity contribution is 5.93. The highest BCUT2D eigenvalue weighted by Crippen LogP contribution is 2.27. The first-order chi connectivity index (χ1) is 8.49. The van der Waals surface area contributed by atoms with Gasteiger partial charge in [0.05, 0.1) is 0 Å². The molecule has 0 bridgehead atoms. The van der Waals surface area contributed by atoms with E-state index < -0.39 is 0 Å². The Balaban J connectivity index is 0.000000184. The van der Waals surface area contributed by atoms with E-state index in [4.69, 9.17) is 0 Å². The summed E-state index contributed by atoms with van der Waals surface area (Å²) in [5.41, 5.74) is 1.97. The molecule has 0 spiro atoms. The van der Waals surface area contributed by atoms with E-state index in [0.717, 1.165) is 17.4 Å². The molecule has 0 heterocycles. The van der Waals surface area contributed by atoms with E-state index in [1.165, 1.54) is 31.2 Å². The lowest BCUT2D eigenvalue weighted by molar-refractivity contribution is 0.101. The average molecular weight is 246 g/mol. The molecule has 100 valence electrons. The summed E-state index contributed by atoms with van der Waals surface area (Å²) in [6.45, 7) is 8.31. The summed E-state index contributed by atoms with van der Waals surface area (Å²) in [5.74, 6) is 2.16. The van der Waals surface area contributed by atoms with E-state index in [0.29, 0.717) is 0 Å². The molecule has 1 aliphatic carbocycles. The van der Waals surface area contributed by atoms with Crippen LogP contribution in [0.4, 0.5) is 0 Å². The number of benzene rings is 1. The van der Waals surface area contributed by atoms with Gasteiger partial charge in [-0.05, 0) is 25.7 Å². The third-order valence-corrected chi connectivity index (χ3v) is 3.76. The molecule has 0 aliphatic heterocycles. The quantitative estimate of drug-likeness (QED) is 0.635. The predicted octanol–water partition coefficient (Wildman–Crippen LogP) is 5.03. The molecule has 1 saturated carbocycles. The summed E-state index contributed by atoms with van der Waals surface area (Å²) in [6, 6.07) is 7.57. The first-order valence-electron chi connectivity index (χ1n) is 7.06. The van der Waals surface area contributed by atoms with Crippen LogP contribution in [0.2, 0.25) is 0 Å². The summed E-state index contributed by atoms with van der Waals surface area (Å²) in [4.78, 5) is 10.8. The Hall–Kier alpha value is -1.11. The molecule has 0 N–H and O–H groups in total. The molecule has 1 aromatic rings. The predicted molar refractivity (Wildman–Crippen MR) is 78.0 cm³/mol. The van der Waals surface area contributed by atoms with Crippen molar-refractivity contribution >= 4 is 5.78 Å². The van der Waals surface area contributed by atoms with Crippen LogP contribution in [0.15, 0.2) is 24.3 Å². The molecule has 1 fully saturated rings. The highest BCUT2D eigenvalue weighted by atomic mass is 16.1. The second kappa shape index (κ2) is 7.35. The number of rotatable bonds is 1. The highest BCUT2D eigenvalue weighted by Gasteiger charge is 2.13. The molecule has 0 atom stereocenters. The maximum absolute atomic E-state index is 10.8. The van der Waals surface area contributed by atoms with E-state index in [9.17, 15) is 4.79 Å². The molecule has 0 amide bonds. The molecule has 0 aromatic heterocycles. The lowest BCUT2D eigenvalue weighted by atomic mass is 9.84. The fraction of sp³-hybridized carbons (Fsp3) is 0.588. The van der Waals surface area contributed by atoms with E-state index in [-0.39, 0.29) is 5.78 Å². The van der Waals surface area contributed by atoms with Gasteiger partial charge in [0, 0.05) is 5.56 Å². The summed E-state index contributed by atoms with van der Waals surface area (Å²) in [5, 5.41) is 0. The summed E-state index contributed by atoms with van der Waals surface area (Å²) < 4.78 is 0. The number of carbonyl (C=O) groups excluding carboxylic acids is 1. The van der Waals surface area contributed by atoms with Gasteiger partial charge in [-0.1, -0.05) is 69.4 Å². The molecule has 18 heavy (non-hydrogen) atoms. The molecule has 0 unspecified atom stereocenters. The Kier molecular flexibility index (Phi) is 6.11. The zero-order valence-corrected chi connectivity index (χ0v) is 12.2. The van der Waals surface area contributed by atoms with Gasteiger partial charge >= 0.3 is 0 Å². The van der Waals surface area contributed by atoms with Crippen LogP contribution in [-0.2, 0) is 0 Å². The monoisotopic (exact) mass is 246 g/mol. The molecule has 0 radical (unpaired) electrons. The van der Waals surface area contributed by atoms with Crippen LogP contribution in [0.1, 0.15) is 62.4 Å². The number of carbonyl (C=O) groups is 1. The third kappa shape index (κ3) is 5.48. The SMILES string of the molecule is CC(=O)c1ccc(C)cc1.CC1CCC(C)CC1. The largest absolute Gasteiger partial charge is 0.295 e. The van der Waals surface area contributed by atoms with Crippen LogP contribution in [0.3, 0.4) is 0 Å². The molecular weight excluding hydrogens is 220 g/mol. The maximum Gasteiger partial charge on any atom is 0.159 e. The van der Waals surface area contributed by atoms with Gasteiger partial charge in [-0.15, -0.1) is 0 Å². The average Bonchev–Trinajstić information content (AvgIpc) is 2.34. The van der Waals surface area contributed by atoms with Gasteiger partial charge < -0.3 is 0 Å². The number of hydrogen-bond acceptors (Lipinski definition) is 1. The topological polar surface area (TPSA) is 17.1 Å². The number of hydrogen-bond donors (Lipinski definition) is 0. The van der Waals surface area contributed by atoms with Gasteiger partial charge in [-0.2, -0.15) is 0 Å². The van der Waals surface area contributed by atoms with Crippen molar-refractivity contribution in [1.82, 2.24) is 0 Å². The first kappa shape index (κ1) is 14.9. The zero-order valence-electron chi connectivity index (χ0n) is 12.2. The fourth-order valence-corrected chi connectivity index (χ4v) is 2.22. The van der Waals surface area contributed by atoms with Crippen molar-refractivity contribution in [2.75, 3.05) is 0 Å². The first-order valence-corrected chi connectivity index (χ1v) is 7.06. The second-order valence-electron chi connectivity index (χ2n) is 5.79. The van der Waals surface area contributed by atoms with Crippen molar-refractivity contribution in [3.63, 3.8) is 0 Å². The Labute approximate surface area is 112 Å². The number of ketones is 1. The Morgan fingerprint density at radius 1 is 0.944 bits per heavy atom. The van der Waals surface area contributed by atoms with Crippen molar-refractivity contribution < 1.29 is 4.79 Å². The van der Waals surface area contributed by atoms with Crippen LogP contribution >= 0.6 is 0 Å². The smallest absolute Gasteiger partial charge is 0.159 e. The minimum Gasteiger partial charge on any atom is -0.295 e. The van der Waals surface area contributed by atoms with Crippen molar-refractivity contribution in [1.29, 1.82) is 0 Å². The fourth-order valence-electron chi connectivity index (χ4n) is 2.22. The van der Waals surface area contributed by atoms with Crippen LogP contribution in [0.5, 0.6) is 0 Å². The van der Waals surface area contributed by atoms with Gasteiger partial charge in [-0.3, -0.25) is 4.79 Å². The van der Waals surface area contributed by atoms with E-state index in [1.807, 2.05) is 31.2 Å². The minimum absolute atomic E-state index is 0.125. The molecule has 2 rings (SSSR count). The van der Waals surface area contributed by atoms with Gasteiger partial charge in [0.15, 0.2) is 5.78 Å². The Morgan fingerprint density at radius 3 is 1.67 bits per heavy atom. The minimum atomic E-state index is 0.125. The zero-order chi connectivity index (χ0) is 13.5. The summed E-state index contributed by atoms with van der Waals surface area (Å²) >= 11 is 0. The van der Waals surface area contributed by atoms with Crippen LogP contribution in [0.25, 0.3) is 0 Å². The van der Waals surface area contributed by atoms with Crippen LogP contribution in [0, 0.1) is 18.8 Å². The van der Waals surface area contributed by atoms with Crippen molar-refractivity contribution in [2.45, 2.75) is 53.4 Å². The standard InChI is InChI=1S/C9H10O.C8H16/c1-7-3-5-9(6-4-7)8(2)10;1-7-3-5-8(2)6-4-7/h3-6H,1-2H3;7-8H,3-6H2,1-2H3. The van der Waals surface area contributed by atoms with Gasteiger partial charge in [-0.25, -0.2) is 0 Å². The summed E-state index contributed by atoms with van der Waals surface area (Å²) in [6.07, 6.45) is 5.89. The number of Topliss-reactive ketones (excluding diaryl/α,β-unsaturated/α-hetero) is 1. The van der Waals surface area contributed by atoms with Gasteiger partial charge in [0.1, 0.15) is 0 Å². The third-order valence-electron chi connectivity index (χ3n) is 3.76. The molecule has 1 nitrogen and oxygen atoms in total.